The highest BCUT2D eigenvalue weighted by molar-refractivity contribution is 6.02. The van der Waals surface area contributed by atoms with Crippen molar-refractivity contribution >= 4 is 16.9 Å². The van der Waals surface area contributed by atoms with E-state index in [1.54, 1.807) is 18.3 Å². The largest absolute Gasteiger partial charge is 0.379 e. The molecule has 0 bridgehead atoms. The van der Waals surface area contributed by atoms with Gasteiger partial charge < -0.3 is 14.6 Å². The van der Waals surface area contributed by atoms with Crippen molar-refractivity contribution in [2.24, 2.45) is 0 Å². The molecule has 0 radical (unpaired) electrons. The summed E-state index contributed by atoms with van der Waals surface area (Å²) in [6, 6.07) is 3.53. The van der Waals surface area contributed by atoms with E-state index in [1.165, 1.54) is 0 Å². The van der Waals surface area contributed by atoms with E-state index in [9.17, 15) is 4.79 Å². The maximum Gasteiger partial charge on any atom is 0.290 e. The second kappa shape index (κ2) is 5.98. The van der Waals surface area contributed by atoms with Crippen LogP contribution in [-0.4, -0.2) is 60.3 Å². The normalized spacial score (nSPS) is 16.4. The minimum absolute atomic E-state index is 0.218. The minimum atomic E-state index is -0.256. The summed E-state index contributed by atoms with van der Waals surface area (Å²) in [5.74, 6) is -0.0381. The van der Waals surface area contributed by atoms with Crippen molar-refractivity contribution in [1.29, 1.82) is 0 Å². The Bertz CT molecular complexity index is 592. The number of hydrogen-bond acceptors (Lipinski definition) is 6. The minimum Gasteiger partial charge on any atom is -0.379 e. The molecule has 20 heavy (non-hydrogen) atoms. The average molecular weight is 276 g/mol. The molecule has 0 spiro atoms. The summed E-state index contributed by atoms with van der Waals surface area (Å²) in [4.78, 5) is 18.3. The van der Waals surface area contributed by atoms with Crippen molar-refractivity contribution in [3.63, 3.8) is 0 Å². The summed E-state index contributed by atoms with van der Waals surface area (Å²) < 4.78 is 10.3. The number of hydrogen-bond donors (Lipinski definition) is 1. The maximum absolute atomic E-state index is 12.0. The zero-order valence-corrected chi connectivity index (χ0v) is 11.0. The fourth-order valence-electron chi connectivity index (χ4n) is 2.18. The second-order valence-electron chi connectivity index (χ2n) is 4.60. The number of fused-ring (bicyclic) bond motifs is 1. The first-order valence-electron chi connectivity index (χ1n) is 6.63. The third-order valence-electron chi connectivity index (χ3n) is 3.28. The van der Waals surface area contributed by atoms with Gasteiger partial charge >= 0.3 is 0 Å². The van der Waals surface area contributed by atoms with Crippen LogP contribution in [0.1, 0.15) is 10.6 Å². The Hall–Kier alpha value is -1.99. The smallest absolute Gasteiger partial charge is 0.290 e. The van der Waals surface area contributed by atoms with Gasteiger partial charge in [0.1, 0.15) is 0 Å². The van der Waals surface area contributed by atoms with Crippen LogP contribution in [0.2, 0.25) is 0 Å². The van der Waals surface area contributed by atoms with E-state index in [1.807, 2.05) is 0 Å². The van der Waals surface area contributed by atoms with Crippen molar-refractivity contribution in [1.82, 2.24) is 20.4 Å². The van der Waals surface area contributed by atoms with Crippen molar-refractivity contribution in [3.8, 4) is 0 Å². The third-order valence-corrected chi connectivity index (χ3v) is 3.28. The Morgan fingerprint density at radius 1 is 1.40 bits per heavy atom. The van der Waals surface area contributed by atoms with Gasteiger partial charge in [-0.15, -0.1) is 0 Å². The molecule has 0 atom stereocenters. The van der Waals surface area contributed by atoms with E-state index in [4.69, 9.17) is 9.26 Å². The fraction of sp³-hybridized carbons (Fsp3) is 0.462. The standard InChI is InChI=1S/C13H16N4O3/c18-13(15-4-5-17-6-8-19-9-7-17)11-10-2-1-3-14-12(10)16-20-11/h1-3H,4-9H2,(H,15,18). The van der Waals surface area contributed by atoms with E-state index in [-0.39, 0.29) is 11.7 Å². The Morgan fingerprint density at radius 2 is 2.25 bits per heavy atom. The number of nitrogens with zero attached hydrogens (tertiary/aromatic N) is 3. The van der Waals surface area contributed by atoms with Gasteiger partial charge in [-0.1, -0.05) is 5.16 Å². The molecule has 0 unspecified atom stereocenters. The van der Waals surface area contributed by atoms with Crippen LogP contribution in [0.4, 0.5) is 0 Å². The Kier molecular flexibility index (Phi) is 3.89. The second-order valence-corrected chi connectivity index (χ2v) is 4.60. The quantitative estimate of drug-likeness (QED) is 0.864. The molecule has 3 rings (SSSR count). The van der Waals surface area contributed by atoms with Crippen molar-refractivity contribution < 1.29 is 14.1 Å². The molecule has 3 heterocycles. The molecule has 1 amide bonds. The fourth-order valence-corrected chi connectivity index (χ4v) is 2.18. The molecule has 2 aromatic rings. The van der Waals surface area contributed by atoms with E-state index in [0.29, 0.717) is 17.6 Å². The molecule has 0 saturated carbocycles. The predicted octanol–water partition coefficient (Wildman–Crippen LogP) is 0.285. The molecular formula is C13H16N4O3. The molecule has 1 aliphatic heterocycles. The van der Waals surface area contributed by atoms with Crippen LogP contribution >= 0.6 is 0 Å². The van der Waals surface area contributed by atoms with Crippen molar-refractivity contribution in [2.45, 2.75) is 0 Å². The first-order valence-corrected chi connectivity index (χ1v) is 6.63. The van der Waals surface area contributed by atoms with Gasteiger partial charge in [0.05, 0.1) is 18.6 Å². The Balaban J connectivity index is 1.56. The van der Waals surface area contributed by atoms with Gasteiger partial charge in [0.25, 0.3) is 5.91 Å². The van der Waals surface area contributed by atoms with E-state index >= 15 is 0 Å². The lowest BCUT2D eigenvalue weighted by molar-refractivity contribution is 0.0382. The first-order chi connectivity index (χ1) is 9.84. The molecule has 0 aliphatic carbocycles. The molecule has 1 saturated heterocycles. The van der Waals surface area contributed by atoms with Crippen LogP contribution < -0.4 is 5.32 Å². The third kappa shape index (κ3) is 2.78. The predicted molar refractivity (Wildman–Crippen MR) is 71.4 cm³/mol. The lowest BCUT2D eigenvalue weighted by atomic mass is 10.2. The molecule has 2 aromatic heterocycles. The summed E-state index contributed by atoms with van der Waals surface area (Å²) in [6.07, 6.45) is 1.62. The topological polar surface area (TPSA) is 80.5 Å². The molecule has 1 N–H and O–H groups in total. The lowest BCUT2D eigenvalue weighted by Crippen LogP contribution is -2.41. The summed E-state index contributed by atoms with van der Waals surface area (Å²) >= 11 is 0. The summed E-state index contributed by atoms with van der Waals surface area (Å²) in [6.45, 7) is 4.70. The van der Waals surface area contributed by atoms with Gasteiger partial charge in [0.15, 0.2) is 0 Å². The highest BCUT2D eigenvalue weighted by Crippen LogP contribution is 2.15. The number of carbonyl (C=O) groups excluding carboxylic acids is 1. The number of aromatic nitrogens is 2. The lowest BCUT2D eigenvalue weighted by Gasteiger charge is -2.26. The van der Waals surface area contributed by atoms with Crippen LogP contribution in [0.3, 0.4) is 0 Å². The molecular weight excluding hydrogens is 260 g/mol. The Morgan fingerprint density at radius 3 is 3.10 bits per heavy atom. The van der Waals surface area contributed by atoms with E-state index < -0.39 is 0 Å². The maximum atomic E-state index is 12.0. The number of pyridine rings is 1. The molecule has 0 aromatic carbocycles. The molecule has 1 aliphatic rings. The zero-order valence-electron chi connectivity index (χ0n) is 11.0. The molecule has 1 fully saturated rings. The summed E-state index contributed by atoms with van der Waals surface area (Å²) in [5.41, 5.74) is 0.450. The van der Waals surface area contributed by atoms with Crippen LogP contribution in [0.25, 0.3) is 11.0 Å². The SMILES string of the molecule is O=C(NCCN1CCOCC1)c1onc2ncccc12. The number of amides is 1. The molecule has 7 heteroatoms. The molecule has 106 valence electrons. The van der Waals surface area contributed by atoms with Gasteiger partial charge in [0, 0.05) is 32.4 Å². The van der Waals surface area contributed by atoms with Crippen LogP contribution in [-0.2, 0) is 4.74 Å². The summed E-state index contributed by atoms with van der Waals surface area (Å²) in [7, 11) is 0. The van der Waals surface area contributed by atoms with Gasteiger partial charge in [0.2, 0.25) is 11.4 Å². The highest BCUT2D eigenvalue weighted by Gasteiger charge is 2.17. The first kappa shape index (κ1) is 13.0. The number of ether oxygens (including phenoxy) is 1. The number of carbonyl (C=O) groups is 1. The number of nitrogens with one attached hydrogen (secondary N) is 1. The van der Waals surface area contributed by atoms with Crippen LogP contribution in [0.15, 0.2) is 22.9 Å². The van der Waals surface area contributed by atoms with Gasteiger partial charge in [-0.05, 0) is 12.1 Å². The number of morpholine rings is 1. The molecule has 7 nitrogen and oxygen atoms in total. The van der Waals surface area contributed by atoms with Crippen LogP contribution in [0, 0.1) is 0 Å². The van der Waals surface area contributed by atoms with Gasteiger partial charge in [-0.2, -0.15) is 0 Å². The average Bonchev–Trinajstić information content (AvgIpc) is 2.92. The number of rotatable bonds is 4. The van der Waals surface area contributed by atoms with Crippen molar-refractivity contribution in [3.05, 3.63) is 24.1 Å². The van der Waals surface area contributed by atoms with Gasteiger partial charge in [-0.25, -0.2) is 4.98 Å². The monoisotopic (exact) mass is 276 g/mol. The highest BCUT2D eigenvalue weighted by atomic mass is 16.5. The zero-order chi connectivity index (χ0) is 13.8. The van der Waals surface area contributed by atoms with Gasteiger partial charge in [-0.3, -0.25) is 9.69 Å². The van der Waals surface area contributed by atoms with Crippen LogP contribution in [0.5, 0.6) is 0 Å². The summed E-state index contributed by atoms with van der Waals surface area (Å²) in [5, 5.41) is 7.24. The van der Waals surface area contributed by atoms with E-state index in [0.717, 1.165) is 32.8 Å². The Labute approximate surface area is 115 Å². The van der Waals surface area contributed by atoms with E-state index in [2.05, 4.69) is 20.4 Å². The van der Waals surface area contributed by atoms with Crippen molar-refractivity contribution in [2.75, 3.05) is 39.4 Å².